The van der Waals surface area contributed by atoms with Crippen LogP contribution < -0.4 is 24.4 Å². The summed E-state index contributed by atoms with van der Waals surface area (Å²) < 4.78 is 15.7. The van der Waals surface area contributed by atoms with E-state index in [2.05, 4.69) is 5.32 Å². The molecule has 1 aliphatic heterocycles. The highest BCUT2D eigenvalue weighted by atomic mass is 16.5. The largest absolute Gasteiger partial charge is 0.497 e. The van der Waals surface area contributed by atoms with Gasteiger partial charge in [0.2, 0.25) is 5.91 Å². The molecule has 3 aromatic rings. The number of ether oxygens (including phenoxy) is 3. The Labute approximate surface area is 209 Å². The van der Waals surface area contributed by atoms with Gasteiger partial charge in [-0.2, -0.15) is 0 Å². The Balaban J connectivity index is 1.59. The van der Waals surface area contributed by atoms with Crippen molar-refractivity contribution in [2.75, 3.05) is 31.5 Å². The summed E-state index contributed by atoms with van der Waals surface area (Å²) in [5.74, 6) is 0.809. The molecule has 0 bridgehead atoms. The van der Waals surface area contributed by atoms with Crippen LogP contribution in [0.2, 0.25) is 0 Å². The lowest BCUT2D eigenvalue weighted by Gasteiger charge is -2.22. The molecule has 1 N–H and O–H groups in total. The predicted molar refractivity (Wildman–Crippen MR) is 134 cm³/mol. The van der Waals surface area contributed by atoms with Crippen molar-refractivity contribution >= 4 is 29.2 Å². The summed E-state index contributed by atoms with van der Waals surface area (Å²) in [5.41, 5.74) is 1.71. The lowest BCUT2D eigenvalue weighted by atomic mass is 10.1. The first-order chi connectivity index (χ1) is 17.4. The van der Waals surface area contributed by atoms with Crippen LogP contribution in [0, 0.1) is 0 Å². The molecule has 9 heteroatoms. The fourth-order valence-electron chi connectivity index (χ4n) is 4.02. The van der Waals surface area contributed by atoms with Crippen molar-refractivity contribution in [3.05, 3.63) is 78.4 Å². The van der Waals surface area contributed by atoms with Crippen molar-refractivity contribution in [2.24, 2.45) is 0 Å². The molecule has 0 radical (unpaired) electrons. The van der Waals surface area contributed by atoms with Gasteiger partial charge >= 0.3 is 6.03 Å². The maximum atomic E-state index is 13.4. The molecule has 1 fully saturated rings. The topological polar surface area (TPSA) is 97.4 Å². The first-order valence-electron chi connectivity index (χ1n) is 11.3. The highest BCUT2D eigenvalue weighted by Crippen LogP contribution is 2.30. The number of urea groups is 1. The molecule has 4 rings (SSSR count). The number of nitrogens with one attached hydrogen (secondary N) is 1. The molecule has 1 atom stereocenters. The van der Waals surface area contributed by atoms with E-state index in [0.717, 1.165) is 10.5 Å². The van der Waals surface area contributed by atoms with E-state index in [0.29, 0.717) is 28.6 Å². The lowest BCUT2D eigenvalue weighted by molar-refractivity contribution is -0.124. The van der Waals surface area contributed by atoms with Crippen LogP contribution in [0.5, 0.6) is 17.2 Å². The minimum absolute atomic E-state index is 0.156. The van der Waals surface area contributed by atoms with Gasteiger partial charge < -0.3 is 24.4 Å². The van der Waals surface area contributed by atoms with Gasteiger partial charge in [-0.15, -0.1) is 0 Å². The van der Waals surface area contributed by atoms with Crippen molar-refractivity contribution in [1.82, 2.24) is 4.90 Å². The SMILES string of the molecule is COc1ccc(CN2C(=O)N(c3ccccc3)C(=O)C2CC(=O)Nc2cc(OC)cc(OC)c2)cc1. The molecule has 0 spiro atoms. The molecule has 0 saturated carbocycles. The van der Waals surface area contributed by atoms with Crippen LogP contribution in [0.25, 0.3) is 0 Å². The van der Waals surface area contributed by atoms with Crippen LogP contribution >= 0.6 is 0 Å². The van der Waals surface area contributed by atoms with Crippen LogP contribution in [0.1, 0.15) is 12.0 Å². The van der Waals surface area contributed by atoms with Gasteiger partial charge in [0.05, 0.1) is 33.4 Å². The highest BCUT2D eigenvalue weighted by molar-refractivity contribution is 6.22. The van der Waals surface area contributed by atoms with Crippen LogP contribution in [0.15, 0.2) is 72.8 Å². The Morgan fingerprint density at radius 3 is 2.03 bits per heavy atom. The number of nitrogens with zero attached hydrogens (tertiary/aromatic N) is 2. The third-order valence-corrected chi connectivity index (χ3v) is 5.86. The normalized spacial score (nSPS) is 15.1. The predicted octanol–water partition coefficient (Wildman–Crippen LogP) is 4.08. The second-order valence-corrected chi connectivity index (χ2v) is 8.14. The Bertz CT molecular complexity index is 1220. The molecular weight excluding hydrogens is 462 g/mol. The first-order valence-corrected chi connectivity index (χ1v) is 11.3. The van der Waals surface area contributed by atoms with E-state index < -0.39 is 23.9 Å². The van der Waals surface area contributed by atoms with E-state index >= 15 is 0 Å². The second kappa shape index (κ2) is 10.8. The molecule has 1 unspecified atom stereocenters. The lowest BCUT2D eigenvalue weighted by Crippen LogP contribution is -2.37. The minimum Gasteiger partial charge on any atom is -0.497 e. The number of amides is 4. The summed E-state index contributed by atoms with van der Waals surface area (Å²) in [7, 11) is 4.60. The van der Waals surface area contributed by atoms with Crippen molar-refractivity contribution < 1.29 is 28.6 Å². The molecule has 9 nitrogen and oxygen atoms in total. The number of rotatable bonds is 9. The number of methoxy groups -OCH3 is 3. The highest BCUT2D eigenvalue weighted by Gasteiger charge is 2.46. The molecule has 3 aromatic carbocycles. The van der Waals surface area contributed by atoms with Gasteiger partial charge in [-0.1, -0.05) is 30.3 Å². The summed E-state index contributed by atoms with van der Waals surface area (Å²) in [6.07, 6.45) is -0.219. The zero-order valence-electron chi connectivity index (χ0n) is 20.3. The van der Waals surface area contributed by atoms with Crippen molar-refractivity contribution in [1.29, 1.82) is 0 Å². The molecule has 36 heavy (non-hydrogen) atoms. The number of imide groups is 1. The van der Waals surface area contributed by atoms with Crippen LogP contribution in [0.4, 0.5) is 16.2 Å². The van der Waals surface area contributed by atoms with Gasteiger partial charge in [0.1, 0.15) is 23.3 Å². The Kier molecular flexibility index (Phi) is 7.39. The van der Waals surface area contributed by atoms with Crippen molar-refractivity contribution in [3.8, 4) is 17.2 Å². The maximum Gasteiger partial charge on any atom is 0.332 e. The summed E-state index contributed by atoms with van der Waals surface area (Å²) in [5, 5.41) is 2.78. The van der Waals surface area contributed by atoms with E-state index in [1.807, 2.05) is 12.1 Å². The summed E-state index contributed by atoms with van der Waals surface area (Å²) in [6, 6.07) is 19.4. The number of carbonyl (C=O) groups is 3. The quantitative estimate of drug-likeness (QED) is 0.455. The molecular formula is C27H27N3O6. The van der Waals surface area contributed by atoms with Gasteiger partial charge in [0.25, 0.3) is 5.91 Å². The average Bonchev–Trinajstić information content (AvgIpc) is 3.13. The summed E-state index contributed by atoms with van der Waals surface area (Å²) >= 11 is 0. The standard InChI is InChI=1S/C27H27N3O6/c1-34-21-11-9-18(10-12-21)17-29-24(26(32)30(27(29)33)20-7-5-4-6-8-20)16-25(31)28-19-13-22(35-2)15-23(14-19)36-3/h4-15,24H,16-17H2,1-3H3,(H,28,31). The molecule has 1 saturated heterocycles. The number of carbonyl (C=O) groups excluding carboxylic acids is 3. The summed E-state index contributed by atoms with van der Waals surface area (Å²) in [6.45, 7) is 0.156. The molecule has 0 aliphatic carbocycles. The summed E-state index contributed by atoms with van der Waals surface area (Å²) in [4.78, 5) is 42.4. The fourth-order valence-corrected chi connectivity index (χ4v) is 4.02. The van der Waals surface area contributed by atoms with Gasteiger partial charge in [0, 0.05) is 30.4 Å². The third kappa shape index (κ3) is 5.25. The zero-order chi connectivity index (χ0) is 25.7. The third-order valence-electron chi connectivity index (χ3n) is 5.86. The Morgan fingerprint density at radius 2 is 1.44 bits per heavy atom. The number of anilines is 2. The number of hydrogen-bond acceptors (Lipinski definition) is 6. The van der Waals surface area contributed by atoms with E-state index in [9.17, 15) is 14.4 Å². The van der Waals surface area contributed by atoms with Crippen LogP contribution in [0.3, 0.4) is 0 Å². The Morgan fingerprint density at radius 1 is 0.833 bits per heavy atom. The Hall–Kier alpha value is -4.53. The van der Waals surface area contributed by atoms with Crippen LogP contribution in [-0.4, -0.2) is 50.1 Å². The van der Waals surface area contributed by atoms with Gasteiger partial charge in [0.15, 0.2) is 0 Å². The van der Waals surface area contributed by atoms with Crippen LogP contribution in [-0.2, 0) is 16.1 Å². The fraction of sp³-hybridized carbons (Fsp3) is 0.222. The monoisotopic (exact) mass is 489 g/mol. The van der Waals surface area contributed by atoms with Gasteiger partial charge in [-0.25, -0.2) is 9.69 Å². The average molecular weight is 490 g/mol. The van der Waals surface area contributed by atoms with Gasteiger partial charge in [-0.3, -0.25) is 9.59 Å². The van der Waals surface area contributed by atoms with Crippen molar-refractivity contribution in [3.63, 3.8) is 0 Å². The van der Waals surface area contributed by atoms with E-state index in [1.54, 1.807) is 67.8 Å². The van der Waals surface area contributed by atoms with Gasteiger partial charge in [-0.05, 0) is 29.8 Å². The van der Waals surface area contributed by atoms with E-state index in [1.165, 1.54) is 19.1 Å². The number of para-hydroxylation sites is 1. The molecule has 1 aliphatic rings. The molecule has 1 heterocycles. The minimum atomic E-state index is -0.979. The second-order valence-electron chi connectivity index (χ2n) is 8.14. The zero-order valence-corrected chi connectivity index (χ0v) is 20.3. The van der Waals surface area contributed by atoms with E-state index in [4.69, 9.17) is 14.2 Å². The van der Waals surface area contributed by atoms with E-state index in [-0.39, 0.29) is 13.0 Å². The van der Waals surface area contributed by atoms with Crippen molar-refractivity contribution in [2.45, 2.75) is 19.0 Å². The molecule has 4 amide bonds. The molecule has 0 aromatic heterocycles. The smallest absolute Gasteiger partial charge is 0.332 e. The number of benzene rings is 3. The number of hydrogen-bond donors (Lipinski definition) is 1. The first kappa shape index (κ1) is 24.6. The molecule has 186 valence electrons. The maximum absolute atomic E-state index is 13.4.